The average Bonchev–Trinajstić information content (AvgIpc) is 2.25. The van der Waals surface area contributed by atoms with Gasteiger partial charge in [0.15, 0.2) is 0 Å². The van der Waals surface area contributed by atoms with Crippen LogP contribution >= 0.6 is 0 Å². The molecule has 94 valence electrons. The fraction of sp³-hybridized carbons (Fsp3) is 0.500. The Balaban J connectivity index is 2.39. The van der Waals surface area contributed by atoms with Crippen molar-refractivity contribution in [1.82, 2.24) is 4.90 Å². The predicted octanol–water partition coefficient (Wildman–Crippen LogP) is 2.54. The second kappa shape index (κ2) is 6.40. The normalized spacial score (nSPS) is 12.7. The lowest BCUT2D eigenvalue weighted by Gasteiger charge is -2.18. The van der Waals surface area contributed by atoms with Crippen molar-refractivity contribution in [3.05, 3.63) is 35.4 Å². The summed E-state index contributed by atoms with van der Waals surface area (Å²) in [4.78, 5) is 12.9. The van der Waals surface area contributed by atoms with E-state index in [1.807, 2.05) is 7.05 Å². The van der Waals surface area contributed by atoms with Gasteiger partial charge in [0.05, 0.1) is 5.92 Å². The molecule has 1 unspecified atom stereocenters. The quantitative estimate of drug-likeness (QED) is 0.823. The molecule has 0 radical (unpaired) electrons. The molecule has 1 aromatic rings. The number of carboxylic acids is 1. The Morgan fingerprint density at radius 2 is 2.18 bits per heavy atom. The summed E-state index contributed by atoms with van der Waals surface area (Å²) in [6, 6.07) is 8.40. The number of aliphatic carboxylic acids is 1. The van der Waals surface area contributed by atoms with Crippen molar-refractivity contribution in [3.8, 4) is 0 Å². The molecule has 1 rings (SSSR count). The predicted molar refractivity (Wildman–Crippen MR) is 68.9 cm³/mol. The molecule has 0 amide bonds. The molecule has 0 saturated carbocycles. The highest BCUT2D eigenvalue weighted by atomic mass is 16.4. The molecule has 0 saturated heterocycles. The van der Waals surface area contributed by atoms with E-state index in [9.17, 15) is 4.79 Å². The van der Waals surface area contributed by atoms with Gasteiger partial charge in [0, 0.05) is 6.54 Å². The van der Waals surface area contributed by atoms with Crippen LogP contribution in [-0.4, -0.2) is 29.6 Å². The van der Waals surface area contributed by atoms with Crippen LogP contribution < -0.4 is 0 Å². The Bertz CT molecular complexity index is 376. The van der Waals surface area contributed by atoms with Crippen LogP contribution in [0.5, 0.6) is 0 Å². The molecule has 1 aromatic carbocycles. The Labute approximate surface area is 103 Å². The molecular formula is C14H21NO2. The van der Waals surface area contributed by atoms with Crippen LogP contribution in [0.2, 0.25) is 0 Å². The first-order valence-electron chi connectivity index (χ1n) is 5.96. The molecule has 0 bridgehead atoms. The van der Waals surface area contributed by atoms with Gasteiger partial charge >= 0.3 is 5.97 Å². The highest BCUT2D eigenvalue weighted by Gasteiger charge is 2.11. The van der Waals surface area contributed by atoms with Gasteiger partial charge in [0.25, 0.3) is 0 Å². The number of hydrogen-bond acceptors (Lipinski definition) is 2. The van der Waals surface area contributed by atoms with Gasteiger partial charge in [-0.3, -0.25) is 4.79 Å². The zero-order valence-electron chi connectivity index (χ0n) is 10.8. The largest absolute Gasteiger partial charge is 0.481 e. The van der Waals surface area contributed by atoms with E-state index in [4.69, 9.17) is 5.11 Å². The lowest BCUT2D eigenvalue weighted by Crippen LogP contribution is -2.23. The topological polar surface area (TPSA) is 40.5 Å². The summed E-state index contributed by atoms with van der Waals surface area (Å²) in [5.41, 5.74) is 2.53. The van der Waals surface area contributed by atoms with Crippen molar-refractivity contribution in [2.45, 2.75) is 26.8 Å². The maximum atomic E-state index is 10.7. The number of benzene rings is 1. The third-order valence-corrected chi connectivity index (χ3v) is 2.90. The van der Waals surface area contributed by atoms with Crippen molar-refractivity contribution >= 4 is 5.97 Å². The summed E-state index contributed by atoms with van der Waals surface area (Å²) < 4.78 is 0. The SMILES string of the molecule is Cc1cccc(CN(C)CCC(C)C(=O)O)c1. The zero-order valence-corrected chi connectivity index (χ0v) is 10.8. The van der Waals surface area contributed by atoms with Gasteiger partial charge in [-0.05, 0) is 32.5 Å². The average molecular weight is 235 g/mol. The van der Waals surface area contributed by atoms with Crippen LogP contribution in [0.25, 0.3) is 0 Å². The van der Waals surface area contributed by atoms with Crippen molar-refractivity contribution in [2.75, 3.05) is 13.6 Å². The number of carbonyl (C=O) groups is 1. The van der Waals surface area contributed by atoms with E-state index in [0.717, 1.165) is 13.1 Å². The molecule has 0 aliphatic carbocycles. The Morgan fingerprint density at radius 3 is 2.76 bits per heavy atom. The van der Waals surface area contributed by atoms with E-state index >= 15 is 0 Å². The van der Waals surface area contributed by atoms with Gasteiger partial charge < -0.3 is 10.0 Å². The van der Waals surface area contributed by atoms with Crippen LogP contribution in [-0.2, 0) is 11.3 Å². The number of carboxylic acid groups (broad SMARTS) is 1. The van der Waals surface area contributed by atoms with Crippen molar-refractivity contribution in [3.63, 3.8) is 0 Å². The smallest absolute Gasteiger partial charge is 0.306 e. The molecule has 0 fully saturated rings. The molecular weight excluding hydrogens is 214 g/mol. The van der Waals surface area contributed by atoms with Gasteiger partial charge in [-0.2, -0.15) is 0 Å². The first-order valence-corrected chi connectivity index (χ1v) is 5.96. The Hall–Kier alpha value is -1.35. The number of rotatable bonds is 6. The molecule has 3 nitrogen and oxygen atoms in total. The van der Waals surface area contributed by atoms with Crippen molar-refractivity contribution in [1.29, 1.82) is 0 Å². The number of hydrogen-bond donors (Lipinski definition) is 1. The molecule has 0 aliphatic heterocycles. The van der Waals surface area contributed by atoms with Crippen LogP contribution in [0.1, 0.15) is 24.5 Å². The van der Waals surface area contributed by atoms with E-state index < -0.39 is 5.97 Å². The van der Waals surface area contributed by atoms with Crippen LogP contribution in [0.3, 0.4) is 0 Å². The van der Waals surface area contributed by atoms with Gasteiger partial charge in [0.2, 0.25) is 0 Å². The van der Waals surface area contributed by atoms with Gasteiger partial charge in [-0.1, -0.05) is 36.8 Å². The van der Waals surface area contributed by atoms with E-state index in [1.165, 1.54) is 11.1 Å². The highest BCUT2D eigenvalue weighted by molar-refractivity contribution is 5.69. The lowest BCUT2D eigenvalue weighted by atomic mass is 10.1. The monoisotopic (exact) mass is 235 g/mol. The summed E-state index contributed by atoms with van der Waals surface area (Å²) in [5, 5.41) is 8.80. The van der Waals surface area contributed by atoms with Crippen LogP contribution in [0.4, 0.5) is 0 Å². The molecule has 17 heavy (non-hydrogen) atoms. The minimum absolute atomic E-state index is 0.269. The fourth-order valence-electron chi connectivity index (χ4n) is 1.74. The van der Waals surface area contributed by atoms with Crippen LogP contribution in [0.15, 0.2) is 24.3 Å². The fourth-order valence-corrected chi connectivity index (χ4v) is 1.74. The Morgan fingerprint density at radius 1 is 1.47 bits per heavy atom. The van der Waals surface area contributed by atoms with Gasteiger partial charge in [0.1, 0.15) is 0 Å². The lowest BCUT2D eigenvalue weighted by molar-refractivity contribution is -0.141. The summed E-state index contributed by atoms with van der Waals surface area (Å²) >= 11 is 0. The molecule has 0 aliphatic rings. The second-order valence-corrected chi connectivity index (χ2v) is 4.75. The molecule has 3 heteroatoms. The summed E-state index contributed by atoms with van der Waals surface area (Å²) in [6.45, 7) is 5.51. The van der Waals surface area contributed by atoms with Gasteiger partial charge in [-0.15, -0.1) is 0 Å². The molecule has 1 N–H and O–H groups in total. The van der Waals surface area contributed by atoms with E-state index in [1.54, 1.807) is 6.92 Å². The van der Waals surface area contributed by atoms with Crippen molar-refractivity contribution in [2.24, 2.45) is 5.92 Å². The van der Waals surface area contributed by atoms with Gasteiger partial charge in [-0.25, -0.2) is 0 Å². The molecule has 0 heterocycles. The third kappa shape index (κ3) is 5.00. The summed E-state index contributed by atoms with van der Waals surface area (Å²) in [7, 11) is 2.02. The summed E-state index contributed by atoms with van der Waals surface area (Å²) in [5.74, 6) is -0.982. The second-order valence-electron chi connectivity index (χ2n) is 4.75. The molecule has 0 aromatic heterocycles. The standard InChI is InChI=1S/C14H21NO2/c1-11-5-4-6-13(9-11)10-15(3)8-7-12(2)14(16)17/h4-6,9,12H,7-8,10H2,1-3H3,(H,16,17). The minimum Gasteiger partial charge on any atom is -0.481 e. The third-order valence-electron chi connectivity index (χ3n) is 2.90. The Kier molecular flexibility index (Phi) is 5.16. The number of nitrogens with zero attached hydrogens (tertiary/aromatic N) is 1. The van der Waals surface area contributed by atoms with Crippen molar-refractivity contribution < 1.29 is 9.90 Å². The first kappa shape index (κ1) is 13.7. The van der Waals surface area contributed by atoms with E-state index in [-0.39, 0.29) is 5.92 Å². The van der Waals surface area contributed by atoms with E-state index in [0.29, 0.717) is 6.42 Å². The van der Waals surface area contributed by atoms with E-state index in [2.05, 4.69) is 36.1 Å². The number of aryl methyl sites for hydroxylation is 1. The molecule has 0 spiro atoms. The highest BCUT2D eigenvalue weighted by Crippen LogP contribution is 2.08. The zero-order chi connectivity index (χ0) is 12.8. The first-order chi connectivity index (χ1) is 7.99. The molecule has 1 atom stereocenters. The van der Waals surface area contributed by atoms with Crippen LogP contribution in [0, 0.1) is 12.8 Å². The maximum Gasteiger partial charge on any atom is 0.306 e. The maximum absolute atomic E-state index is 10.7. The minimum atomic E-state index is -0.714. The summed E-state index contributed by atoms with van der Waals surface area (Å²) in [6.07, 6.45) is 0.692.